The lowest BCUT2D eigenvalue weighted by atomic mass is 9.98. The minimum absolute atomic E-state index is 1.16. The highest BCUT2D eigenvalue weighted by atomic mass is 15.0. The summed E-state index contributed by atoms with van der Waals surface area (Å²) < 4.78 is 4.83. The van der Waals surface area contributed by atoms with Crippen molar-refractivity contribution in [1.82, 2.24) is 9.13 Å². The van der Waals surface area contributed by atoms with Crippen molar-refractivity contribution in [2.24, 2.45) is 0 Å². The SMILES string of the molecule is c1ccc(-c2cccc(-c3ccc4c(c3)c3cc5c(cc3n4-c3ccccc3)c3ccccc3n5-c3ccccc3)c2)cc1. The first-order valence-electron chi connectivity index (χ1n) is 15.1. The molecule has 0 bridgehead atoms. The van der Waals surface area contributed by atoms with Gasteiger partial charge in [-0.1, -0.05) is 109 Å². The minimum atomic E-state index is 1.16. The Morgan fingerprint density at radius 3 is 1.36 bits per heavy atom. The summed E-state index contributed by atoms with van der Waals surface area (Å²) in [4.78, 5) is 0. The van der Waals surface area contributed by atoms with Crippen molar-refractivity contribution in [2.75, 3.05) is 0 Å². The van der Waals surface area contributed by atoms with E-state index in [0.29, 0.717) is 0 Å². The van der Waals surface area contributed by atoms with Crippen LogP contribution in [0.2, 0.25) is 0 Å². The normalized spacial score (nSPS) is 11.6. The van der Waals surface area contributed by atoms with Gasteiger partial charge >= 0.3 is 0 Å². The summed E-state index contributed by atoms with van der Waals surface area (Å²) in [7, 11) is 0. The number of aromatic nitrogens is 2. The van der Waals surface area contributed by atoms with Gasteiger partial charge < -0.3 is 9.13 Å². The predicted molar refractivity (Wildman–Crippen MR) is 186 cm³/mol. The first-order chi connectivity index (χ1) is 21.8. The van der Waals surface area contributed by atoms with Gasteiger partial charge in [0.1, 0.15) is 0 Å². The molecular formula is C42H28N2. The summed E-state index contributed by atoms with van der Waals surface area (Å²) in [5.74, 6) is 0. The summed E-state index contributed by atoms with van der Waals surface area (Å²) in [5, 5.41) is 5.01. The van der Waals surface area contributed by atoms with Gasteiger partial charge in [-0.25, -0.2) is 0 Å². The second-order valence-corrected chi connectivity index (χ2v) is 11.4. The fraction of sp³-hybridized carbons (Fsp3) is 0. The Labute approximate surface area is 255 Å². The molecule has 0 saturated carbocycles. The number of para-hydroxylation sites is 3. The molecule has 2 heteroatoms. The number of fused-ring (bicyclic) bond motifs is 6. The largest absolute Gasteiger partial charge is 0.309 e. The highest BCUT2D eigenvalue weighted by Crippen LogP contribution is 2.41. The number of hydrogen-bond donors (Lipinski definition) is 0. The maximum Gasteiger partial charge on any atom is 0.0548 e. The topological polar surface area (TPSA) is 9.86 Å². The standard InChI is InChI=1S/C42H28N2/c1-4-13-29(14-5-1)30-15-12-16-31(25-30)32-23-24-40-36(26-32)38-28-41-37(27-42(38)44(40)34-19-8-3-9-20-34)35-21-10-11-22-39(35)43(41)33-17-6-2-7-18-33/h1-28H. The van der Waals surface area contributed by atoms with Crippen molar-refractivity contribution in [1.29, 1.82) is 0 Å². The van der Waals surface area contributed by atoms with Gasteiger partial charge in [0.25, 0.3) is 0 Å². The van der Waals surface area contributed by atoms with Crippen molar-refractivity contribution < 1.29 is 0 Å². The number of rotatable bonds is 4. The lowest BCUT2D eigenvalue weighted by molar-refractivity contribution is 1.17. The highest BCUT2D eigenvalue weighted by molar-refractivity contribution is 6.19. The zero-order chi connectivity index (χ0) is 29.0. The third-order valence-corrected chi connectivity index (χ3v) is 8.89. The van der Waals surface area contributed by atoms with Crippen LogP contribution in [-0.4, -0.2) is 9.13 Å². The zero-order valence-electron chi connectivity index (χ0n) is 24.1. The van der Waals surface area contributed by atoms with Gasteiger partial charge in [-0.2, -0.15) is 0 Å². The van der Waals surface area contributed by atoms with Crippen LogP contribution in [0.4, 0.5) is 0 Å². The zero-order valence-corrected chi connectivity index (χ0v) is 24.1. The first-order valence-corrected chi connectivity index (χ1v) is 15.1. The van der Waals surface area contributed by atoms with E-state index in [4.69, 9.17) is 0 Å². The first kappa shape index (κ1) is 24.7. The van der Waals surface area contributed by atoms with Gasteiger partial charge in [0.2, 0.25) is 0 Å². The van der Waals surface area contributed by atoms with E-state index >= 15 is 0 Å². The van der Waals surface area contributed by atoms with E-state index in [1.54, 1.807) is 0 Å². The molecule has 0 atom stereocenters. The summed E-state index contributed by atoms with van der Waals surface area (Å²) in [6.07, 6.45) is 0. The van der Waals surface area contributed by atoms with Gasteiger partial charge in [-0.15, -0.1) is 0 Å². The molecule has 0 N–H and O–H groups in total. The third kappa shape index (κ3) is 3.82. The number of hydrogen-bond acceptors (Lipinski definition) is 0. The molecule has 44 heavy (non-hydrogen) atoms. The molecule has 9 rings (SSSR count). The average Bonchev–Trinajstić information content (AvgIpc) is 3.60. The fourth-order valence-electron chi connectivity index (χ4n) is 6.88. The molecule has 206 valence electrons. The summed E-state index contributed by atoms with van der Waals surface area (Å²) in [5.41, 5.74) is 12.1. The summed E-state index contributed by atoms with van der Waals surface area (Å²) in [6, 6.07) is 61.4. The Hall–Kier alpha value is -5.86. The van der Waals surface area contributed by atoms with E-state index in [-0.39, 0.29) is 0 Å². The van der Waals surface area contributed by atoms with Crippen LogP contribution in [0.1, 0.15) is 0 Å². The summed E-state index contributed by atoms with van der Waals surface area (Å²) in [6.45, 7) is 0. The van der Waals surface area contributed by atoms with Crippen LogP contribution >= 0.6 is 0 Å². The molecule has 0 radical (unpaired) electrons. The Balaban J connectivity index is 1.36. The molecule has 2 aromatic heterocycles. The molecule has 7 aromatic carbocycles. The van der Waals surface area contributed by atoms with Crippen molar-refractivity contribution in [2.45, 2.75) is 0 Å². The quantitative estimate of drug-likeness (QED) is 0.203. The van der Waals surface area contributed by atoms with Gasteiger partial charge in [-0.3, -0.25) is 0 Å². The van der Waals surface area contributed by atoms with Crippen molar-refractivity contribution >= 4 is 43.6 Å². The lowest BCUT2D eigenvalue weighted by Gasteiger charge is -2.09. The molecule has 0 aliphatic rings. The second kappa shape index (κ2) is 9.86. The van der Waals surface area contributed by atoms with E-state index in [9.17, 15) is 0 Å². The van der Waals surface area contributed by atoms with E-state index in [1.165, 1.54) is 71.6 Å². The predicted octanol–water partition coefficient (Wildman–Crippen LogP) is 11.2. The van der Waals surface area contributed by atoms with Gasteiger partial charge in [0.05, 0.1) is 22.1 Å². The molecule has 0 unspecified atom stereocenters. The van der Waals surface area contributed by atoms with Crippen LogP contribution in [0.25, 0.3) is 77.2 Å². The second-order valence-electron chi connectivity index (χ2n) is 11.4. The van der Waals surface area contributed by atoms with Crippen LogP contribution in [0.3, 0.4) is 0 Å². The molecule has 0 aliphatic heterocycles. The Morgan fingerprint density at radius 1 is 0.250 bits per heavy atom. The Bertz CT molecular complexity index is 2470. The van der Waals surface area contributed by atoms with Gasteiger partial charge in [0.15, 0.2) is 0 Å². The summed E-state index contributed by atoms with van der Waals surface area (Å²) >= 11 is 0. The molecule has 9 aromatic rings. The molecule has 0 spiro atoms. The lowest BCUT2D eigenvalue weighted by Crippen LogP contribution is -1.94. The van der Waals surface area contributed by atoms with E-state index in [2.05, 4.69) is 179 Å². The molecular weight excluding hydrogens is 532 g/mol. The Kier molecular flexibility index (Phi) is 5.54. The third-order valence-electron chi connectivity index (χ3n) is 8.89. The molecule has 2 heterocycles. The van der Waals surface area contributed by atoms with Crippen LogP contribution < -0.4 is 0 Å². The van der Waals surface area contributed by atoms with Crippen molar-refractivity contribution in [3.8, 4) is 33.6 Å². The number of nitrogens with zero attached hydrogens (tertiary/aromatic N) is 2. The average molecular weight is 561 g/mol. The van der Waals surface area contributed by atoms with E-state index in [1.807, 2.05) is 0 Å². The van der Waals surface area contributed by atoms with Crippen molar-refractivity contribution in [3.05, 3.63) is 170 Å². The van der Waals surface area contributed by atoms with Crippen LogP contribution in [0.5, 0.6) is 0 Å². The maximum absolute atomic E-state index is 2.42. The fourth-order valence-corrected chi connectivity index (χ4v) is 6.88. The molecule has 0 aliphatic carbocycles. The Morgan fingerprint density at radius 2 is 0.705 bits per heavy atom. The smallest absolute Gasteiger partial charge is 0.0548 e. The van der Waals surface area contributed by atoms with E-state index in [0.717, 1.165) is 5.69 Å². The number of benzene rings is 7. The van der Waals surface area contributed by atoms with Gasteiger partial charge in [0, 0.05) is 32.9 Å². The van der Waals surface area contributed by atoms with Crippen LogP contribution in [0, 0.1) is 0 Å². The monoisotopic (exact) mass is 560 g/mol. The molecule has 0 saturated heterocycles. The molecule has 0 fully saturated rings. The van der Waals surface area contributed by atoms with Crippen molar-refractivity contribution in [3.63, 3.8) is 0 Å². The highest BCUT2D eigenvalue weighted by Gasteiger charge is 2.19. The maximum atomic E-state index is 2.42. The minimum Gasteiger partial charge on any atom is -0.309 e. The molecule has 0 amide bonds. The van der Waals surface area contributed by atoms with Gasteiger partial charge in [-0.05, 0) is 82.9 Å². The molecule has 2 nitrogen and oxygen atoms in total. The van der Waals surface area contributed by atoms with E-state index < -0.39 is 0 Å². The van der Waals surface area contributed by atoms with Crippen LogP contribution in [0.15, 0.2) is 170 Å². The van der Waals surface area contributed by atoms with Crippen LogP contribution in [-0.2, 0) is 0 Å².